The van der Waals surface area contributed by atoms with Crippen molar-refractivity contribution in [3.05, 3.63) is 88.6 Å². The SMILES string of the molecule is CC(C)N(CC(=O)N(Cc1ccccc1)Cc1cccs1)C(=O)COc1ccccc1. The van der Waals surface area contributed by atoms with Crippen molar-refractivity contribution < 1.29 is 14.3 Å². The number of thiophene rings is 1. The highest BCUT2D eigenvalue weighted by molar-refractivity contribution is 7.09. The van der Waals surface area contributed by atoms with E-state index in [1.165, 1.54) is 0 Å². The van der Waals surface area contributed by atoms with E-state index in [1.54, 1.807) is 28.4 Å². The Morgan fingerprint density at radius 2 is 1.55 bits per heavy atom. The number of amides is 2. The lowest BCUT2D eigenvalue weighted by molar-refractivity contribution is -0.143. The number of ether oxygens (including phenoxy) is 1. The molecule has 0 N–H and O–H groups in total. The zero-order valence-electron chi connectivity index (χ0n) is 17.9. The molecule has 3 aromatic rings. The number of hydrogen-bond donors (Lipinski definition) is 0. The first-order chi connectivity index (χ1) is 15.0. The minimum Gasteiger partial charge on any atom is -0.484 e. The van der Waals surface area contributed by atoms with Crippen molar-refractivity contribution in [2.45, 2.75) is 33.0 Å². The fraction of sp³-hybridized carbons (Fsp3) is 0.280. The molecule has 2 amide bonds. The Morgan fingerprint density at radius 1 is 0.871 bits per heavy atom. The van der Waals surface area contributed by atoms with Gasteiger partial charge in [0.2, 0.25) is 5.91 Å². The quantitative estimate of drug-likeness (QED) is 0.467. The van der Waals surface area contributed by atoms with Gasteiger partial charge in [0.1, 0.15) is 12.3 Å². The molecule has 3 rings (SSSR count). The molecule has 0 unspecified atom stereocenters. The minimum atomic E-state index is -0.206. The van der Waals surface area contributed by atoms with Gasteiger partial charge in [-0.05, 0) is 43.0 Å². The van der Waals surface area contributed by atoms with Crippen molar-refractivity contribution >= 4 is 23.2 Å². The Kier molecular flexibility index (Phi) is 8.24. The highest BCUT2D eigenvalue weighted by Crippen LogP contribution is 2.16. The van der Waals surface area contributed by atoms with Gasteiger partial charge < -0.3 is 14.5 Å². The van der Waals surface area contributed by atoms with E-state index in [2.05, 4.69) is 0 Å². The van der Waals surface area contributed by atoms with Gasteiger partial charge >= 0.3 is 0 Å². The molecule has 0 aliphatic carbocycles. The second kappa shape index (κ2) is 11.3. The van der Waals surface area contributed by atoms with Gasteiger partial charge in [0.15, 0.2) is 6.61 Å². The van der Waals surface area contributed by atoms with Crippen molar-refractivity contribution in [3.63, 3.8) is 0 Å². The first-order valence-electron chi connectivity index (χ1n) is 10.3. The molecule has 0 aliphatic heterocycles. The van der Waals surface area contributed by atoms with Crippen LogP contribution in [0.1, 0.15) is 24.3 Å². The molecule has 0 radical (unpaired) electrons. The monoisotopic (exact) mass is 436 g/mol. The van der Waals surface area contributed by atoms with E-state index in [-0.39, 0.29) is 31.0 Å². The Bertz CT molecular complexity index is 943. The fourth-order valence-electron chi connectivity index (χ4n) is 3.18. The summed E-state index contributed by atoms with van der Waals surface area (Å²) in [6, 6.07) is 23.0. The molecule has 2 aromatic carbocycles. The molecule has 0 fully saturated rings. The largest absolute Gasteiger partial charge is 0.484 e. The van der Waals surface area contributed by atoms with Crippen LogP contribution in [-0.2, 0) is 22.7 Å². The van der Waals surface area contributed by atoms with Crippen LogP contribution in [-0.4, -0.2) is 40.8 Å². The molecule has 0 saturated heterocycles. The molecular formula is C25H28N2O3S. The number of nitrogens with zero attached hydrogens (tertiary/aromatic N) is 2. The van der Waals surface area contributed by atoms with Crippen molar-refractivity contribution in [2.24, 2.45) is 0 Å². The van der Waals surface area contributed by atoms with Crippen LogP contribution >= 0.6 is 11.3 Å². The topological polar surface area (TPSA) is 49.9 Å². The molecule has 6 heteroatoms. The van der Waals surface area contributed by atoms with E-state index in [9.17, 15) is 9.59 Å². The van der Waals surface area contributed by atoms with Crippen LogP contribution in [0.15, 0.2) is 78.2 Å². The van der Waals surface area contributed by atoms with E-state index in [0.717, 1.165) is 10.4 Å². The van der Waals surface area contributed by atoms with Crippen molar-refractivity contribution in [3.8, 4) is 5.75 Å². The van der Waals surface area contributed by atoms with E-state index in [1.807, 2.05) is 84.8 Å². The predicted molar refractivity (Wildman–Crippen MR) is 124 cm³/mol. The molecule has 0 aliphatic rings. The zero-order valence-corrected chi connectivity index (χ0v) is 18.8. The average molecular weight is 437 g/mol. The van der Waals surface area contributed by atoms with Gasteiger partial charge in [-0.25, -0.2) is 0 Å². The standard InChI is InChI=1S/C25H28N2O3S/c1-20(2)27(25(29)19-30-22-12-7-4-8-13-22)18-24(28)26(17-23-14-9-15-31-23)16-21-10-5-3-6-11-21/h3-15,20H,16-19H2,1-2H3. The van der Waals surface area contributed by atoms with Gasteiger partial charge in [-0.15, -0.1) is 11.3 Å². The van der Waals surface area contributed by atoms with Crippen LogP contribution in [0.2, 0.25) is 0 Å². The van der Waals surface area contributed by atoms with Crippen LogP contribution in [0.25, 0.3) is 0 Å². The van der Waals surface area contributed by atoms with Crippen LogP contribution in [0.5, 0.6) is 5.75 Å². The summed E-state index contributed by atoms with van der Waals surface area (Å²) >= 11 is 1.62. The second-order valence-electron chi connectivity index (χ2n) is 7.53. The van der Waals surface area contributed by atoms with E-state index in [4.69, 9.17) is 4.74 Å². The summed E-state index contributed by atoms with van der Waals surface area (Å²) in [6.45, 7) is 4.76. The molecule has 31 heavy (non-hydrogen) atoms. The van der Waals surface area contributed by atoms with Gasteiger partial charge in [0, 0.05) is 17.5 Å². The summed E-state index contributed by atoms with van der Waals surface area (Å²) in [5.41, 5.74) is 1.06. The predicted octanol–water partition coefficient (Wildman–Crippen LogP) is 4.59. The lowest BCUT2D eigenvalue weighted by Crippen LogP contribution is -2.47. The van der Waals surface area contributed by atoms with Crippen LogP contribution in [0.4, 0.5) is 0 Å². The van der Waals surface area contributed by atoms with Gasteiger partial charge in [0.25, 0.3) is 5.91 Å². The zero-order chi connectivity index (χ0) is 22.1. The van der Waals surface area contributed by atoms with Crippen LogP contribution < -0.4 is 4.74 Å². The van der Waals surface area contributed by atoms with Crippen molar-refractivity contribution in [2.75, 3.05) is 13.2 Å². The van der Waals surface area contributed by atoms with Crippen LogP contribution in [0.3, 0.4) is 0 Å². The number of carbonyl (C=O) groups is 2. The molecular weight excluding hydrogens is 408 g/mol. The van der Waals surface area contributed by atoms with E-state index < -0.39 is 0 Å². The lowest BCUT2D eigenvalue weighted by Gasteiger charge is -2.30. The highest BCUT2D eigenvalue weighted by atomic mass is 32.1. The number of carbonyl (C=O) groups excluding carboxylic acids is 2. The summed E-state index contributed by atoms with van der Waals surface area (Å²) in [4.78, 5) is 30.6. The van der Waals surface area contributed by atoms with E-state index >= 15 is 0 Å². The lowest BCUT2D eigenvalue weighted by atomic mass is 10.2. The maximum absolute atomic E-state index is 13.3. The van der Waals surface area contributed by atoms with Gasteiger partial charge in [-0.2, -0.15) is 0 Å². The number of benzene rings is 2. The molecule has 0 atom stereocenters. The summed E-state index contributed by atoms with van der Waals surface area (Å²) in [7, 11) is 0. The minimum absolute atomic E-state index is 0.0207. The fourth-order valence-corrected chi connectivity index (χ4v) is 3.90. The third kappa shape index (κ3) is 6.96. The molecule has 1 heterocycles. The van der Waals surface area contributed by atoms with Gasteiger partial charge in [-0.3, -0.25) is 9.59 Å². The van der Waals surface area contributed by atoms with E-state index in [0.29, 0.717) is 18.8 Å². The first-order valence-corrected chi connectivity index (χ1v) is 11.2. The summed E-state index contributed by atoms with van der Waals surface area (Å²) in [5, 5.41) is 2.01. The van der Waals surface area contributed by atoms with Gasteiger partial charge in [0.05, 0.1) is 6.54 Å². The first kappa shape index (κ1) is 22.6. The normalized spacial score (nSPS) is 10.7. The smallest absolute Gasteiger partial charge is 0.261 e. The van der Waals surface area contributed by atoms with Crippen molar-refractivity contribution in [1.29, 1.82) is 0 Å². The Labute approximate surface area is 187 Å². The third-order valence-electron chi connectivity index (χ3n) is 4.85. The number of rotatable bonds is 10. The van der Waals surface area contributed by atoms with Crippen LogP contribution in [0, 0.1) is 0 Å². The highest BCUT2D eigenvalue weighted by Gasteiger charge is 2.24. The van der Waals surface area contributed by atoms with Gasteiger partial charge in [-0.1, -0.05) is 54.6 Å². The van der Waals surface area contributed by atoms with Crippen molar-refractivity contribution in [1.82, 2.24) is 9.80 Å². The molecule has 0 saturated carbocycles. The third-order valence-corrected chi connectivity index (χ3v) is 5.71. The summed E-state index contributed by atoms with van der Waals surface area (Å²) < 4.78 is 5.61. The molecule has 5 nitrogen and oxygen atoms in total. The number of hydrogen-bond acceptors (Lipinski definition) is 4. The maximum Gasteiger partial charge on any atom is 0.261 e. The molecule has 0 bridgehead atoms. The maximum atomic E-state index is 13.3. The molecule has 162 valence electrons. The summed E-state index contributed by atoms with van der Waals surface area (Å²) in [5.74, 6) is 0.344. The Hall–Kier alpha value is -3.12. The Balaban J connectivity index is 1.68. The average Bonchev–Trinajstić information content (AvgIpc) is 3.29. The second-order valence-corrected chi connectivity index (χ2v) is 8.56. The Morgan fingerprint density at radius 3 is 2.16 bits per heavy atom. The molecule has 0 spiro atoms. The molecule has 1 aromatic heterocycles. The summed E-state index contributed by atoms with van der Waals surface area (Å²) in [6.07, 6.45) is 0. The number of para-hydroxylation sites is 1.